The van der Waals surface area contributed by atoms with Crippen molar-refractivity contribution in [2.45, 2.75) is 23.7 Å². The van der Waals surface area contributed by atoms with Gasteiger partial charge in [-0.25, -0.2) is 13.1 Å². The van der Waals surface area contributed by atoms with Crippen LogP contribution >= 0.6 is 22.9 Å². The maximum atomic E-state index is 12.3. The van der Waals surface area contributed by atoms with E-state index in [4.69, 9.17) is 11.6 Å². The number of halogens is 1. The Morgan fingerprint density at radius 1 is 1.37 bits per heavy atom. The Labute approximate surface area is 122 Å². The van der Waals surface area contributed by atoms with Gasteiger partial charge in [-0.2, -0.15) is 11.3 Å². The van der Waals surface area contributed by atoms with Gasteiger partial charge in [0.2, 0.25) is 10.0 Å². The molecule has 0 amide bonds. The molecule has 0 aliphatic heterocycles. The van der Waals surface area contributed by atoms with E-state index in [-0.39, 0.29) is 10.9 Å². The molecule has 6 heteroatoms. The lowest BCUT2D eigenvalue weighted by Crippen LogP contribution is -2.26. The summed E-state index contributed by atoms with van der Waals surface area (Å²) < 4.78 is 27.2. The third-order valence-electron chi connectivity index (χ3n) is 2.74. The van der Waals surface area contributed by atoms with E-state index in [9.17, 15) is 8.42 Å². The quantitative estimate of drug-likeness (QED) is 0.858. The van der Waals surface area contributed by atoms with Crippen molar-refractivity contribution in [3.05, 3.63) is 52.2 Å². The van der Waals surface area contributed by atoms with Crippen molar-refractivity contribution in [2.24, 2.45) is 0 Å². The van der Waals surface area contributed by atoms with Gasteiger partial charge in [0.1, 0.15) is 0 Å². The van der Waals surface area contributed by atoms with Gasteiger partial charge in [-0.1, -0.05) is 12.1 Å². The summed E-state index contributed by atoms with van der Waals surface area (Å²) in [6, 6.07) is 8.31. The van der Waals surface area contributed by atoms with Crippen molar-refractivity contribution < 1.29 is 8.42 Å². The molecule has 2 aromatic rings. The molecular formula is C13H14ClNO2S2. The zero-order valence-corrected chi connectivity index (χ0v) is 12.7. The minimum atomic E-state index is -3.52. The molecule has 0 radical (unpaired) electrons. The number of thiophene rings is 1. The van der Waals surface area contributed by atoms with Gasteiger partial charge >= 0.3 is 0 Å². The maximum absolute atomic E-state index is 12.3. The molecule has 0 bridgehead atoms. The molecule has 2 rings (SSSR count). The highest BCUT2D eigenvalue weighted by Crippen LogP contribution is 2.20. The molecule has 0 fully saturated rings. The molecule has 0 aliphatic carbocycles. The molecule has 0 saturated heterocycles. The predicted octanol–water partition coefficient (Wildman–Crippen LogP) is 3.53. The van der Waals surface area contributed by atoms with Gasteiger partial charge < -0.3 is 0 Å². The minimum Gasteiger partial charge on any atom is -0.207 e. The molecule has 1 atom stereocenters. The van der Waals surface area contributed by atoms with Gasteiger partial charge in [0, 0.05) is 11.9 Å². The zero-order chi connectivity index (χ0) is 13.9. The summed E-state index contributed by atoms with van der Waals surface area (Å²) in [7, 11) is -3.52. The Balaban J connectivity index is 2.22. The lowest BCUT2D eigenvalue weighted by atomic mass is 10.2. The van der Waals surface area contributed by atoms with Gasteiger partial charge in [0.05, 0.1) is 4.90 Å². The molecule has 19 heavy (non-hydrogen) atoms. The number of hydrogen-bond acceptors (Lipinski definition) is 3. The fourth-order valence-corrected chi connectivity index (χ4v) is 3.91. The molecule has 1 N–H and O–H groups in total. The van der Waals surface area contributed by atoms with E-state index in [1.807, 2.05) is 23.8 Å². The van der Waals surface area contributed by atoms with E-state index in [1.54, 1.807) is 35.6 Å². The van der Waals surface area contributed by atoms with Crippen LogP contribution in [0.3, 0.4) is 0 Å². The predicted molar refractivity (Wildman–Crippen MR) is 79.1 cm³/mol. The number of sulfonamides is 1. The highest BCUT2D eigenvalue weighted by atomic mass is 35.5. The Kier molecular flexibility index (Phi) is 4.62. The van der Waals surface area contributed by atoms with Crippen LogP contribution in [0.4, 0.5) is 0 Å². The van der Waals surface area contributed by atoms with Crippen LogP contribution in [0.5, 0.6) is 0 Å². The van der Waals surface area contributed by atoms with E-state index in [0.29, 0.717) is 5.88 Å². The first kappa shape index (κ1) is 14.5. The fourth-order valence-electron chi connectivity index (χ4n) is 1.69. The molecular weight excluding hydrogens is 302 g/mol. The fraction of sp³-hybridized carbons (Fsp3) is 0.231. The van der Waals surface area contributed by atoms with Crippen LogP contribution < -0.4 is 4.72 Å². The first-order valence-corrected chi connectivity index (χ1v) is 8.68. The second-order valence-corrected chi connectivity index (χ2v) is 6.94. The standard InChI is InChI=1S/C13H14ClNO2S2/c1-10(12-5-6-18-9-12)15-19(16,17)13-4-2-3-11(7-13)8-14/h2-7,9-10,15H,8H2,1H3. The highest BCUT2D eigenvalue weighted by Gasteiger charge is 2.18. The summed E-state index contributed by atoms with van der Waals surface area (Å²) in [5.74, 6) is 0.295. The molecule has 0 spiro atoms. The third kappa shape index (κ3) is 3.57. The Morgan fingerprint density at radius 2 is 2.16 bits per heavy atom. The Hall–Kier alpha value is -0.880. The number of rotatable bonds is 5. The number of nitrogens with one attached hydrogen (secondary N) is 1. The van der Waals surface area contributed by atoms with Crippen LogP contribution in [0.15, 0.2) is 46.0 Å². The average Bonchev–Trinajstić information content (AvgIpc) is 2.92. The first-order chi connectivity index (χ1) is 9.03. The van der Waals surface area contributed by atoms with E-state index in [0.717, 1.165) is 11.1 Å². The normalized spacial score (nSPS) is 13.4. The Morgan fingerprint density at radius 3 is 2.79 bits per heavy atom. The summed E-state index contributed by atoms with van der Waals surface area (Å²) in [4.78, 5) is 0.243. The van der Waals surface area contributed by atoms with Crippen molar-refractivity contribution in [3.63, 3.8) is 0 Å². The van der Waals surface area contributed by atoms with Crippen LogP contribution in [0.2, 0.25) is 0 Å². The Bertz CT molecular complexity index is 638. The molecule has 1 heterocycles. The highest BCUT2D eigenvalue weighted by molar-refractivity contribution is 7.89. The number of hydrogen-bond donors (Lipinski definition) is 1. The van der Waals surface area contributed by atoms with E-state index in [1.165, 1.54) is 0 Å². The van der Waals surface area contributed by atoms with Crippen molar-refractivity contribution in [1.82, 2.24) is 4.72 Å². The van der Waals surface area contributed by atoms with Gasteiger partial charge in [0.25, 0.3) is 0 Å². The van der Waals surface area contributed by atoms with Gasteiger partial charge in [-0.3, -0.25) is 0 Å². The molecule has 1 aromatic heterocycles. The molecule has 0 saturated carbocycles. The van der Waals surface area contributed by atoms with Crippen LogP contribution in [0, 0.1) is 0 Å². The van der Waals surface area contributed by atoms with Gasteiger partial charge in [-0.15, -0.1) is 11.6 Å². The van der Waals surface area contributed by atoms with E-state index in [2.05, 4.69) is 4.72 Å². The third-order valence-corrected chi connectivity index (χ3v) is 5.29. The zero-order valence-electron chi connectivity index (χ0n) is 10.3. The second kappa shape index (κ2) is 6.05. The molecule has 3 nitrogen and oxygen atoms in total. The van der Waals surface area contributed by atoms with E-state index < -0.39 is 10.0 Å². The average molecular weight is 316 g/mol. The van der Waals surface area contributed by atoms with Crippen LogP contribution in [-0.2, 0) is 15.9 Å². The summed E-state index contributed by atoms with van der Waals surface area (Å²) in [5, 5.41) is 3.86. The molecule has 0 aliphatic rings. The van der Waals surface area contributed by atoms with E-state index >= 15 is 0 Å². The van der Waals surface area contributed by atoms with Crippen LogP contribution in [0.25, 0.3) is 0 Å². The monoisotopic (exact) mass is 315 g/mol. The lowest BCUT2D eigenvalue weighted by molar-refractivity contribution is 0.567. The van der Waals surface area contributed by atoms with Crippen LogP contribution in [-0.4, -0.2) is 8.42 Å². The van der Waals surface area contributed by atoms with Gasteiger partial charge in [-0.05, 0) is 47.0 Å². The van der Waals surface area contributed by atoms with Crippen molar-refractivity contribution >= 4 is 33.0 Å². The van der Waals surface area contributed by atoms with Gasteiger partial charge in [0.15, 0.2) is 0 Å². The summed E-state index contributed by atoms with van der Waals surface area (Å²) in [6.45, 7) is 1.82. The molecule has 102 valence electrons. The molecule has 1 unspecified atom stereocenters. The number of benzene rings is 1. The van der Waals surface area contributed by atoms with Crippen LogP contribution in [0.1, 0.15) is 24.1 Å². The van der Waals surface area contributed by atoms with Crippen molar-refractivity contribution in [1.29, 1.82) is 0 Å². The molecule has 1 aromatic carbocycles. The van der Waals surface area contributed by atoms with Crippen molar-refractivity contribution in [3.8, 4) is 0 Å². The summed E-state index contributed by atoms with van der Waals surface area (Å²) >= 11 is 7.27. The first-order valence-electron chi connectivity index (χ1n) is 5.72. The smallest absolute Gasteiger partial charge is 0.207 e. The second-order valence-electron chi connectivity index (χ2n) is 4.18. The van der Waals surface area contributed by atoms with Crippen molar-refractivity contribution in [2.75, 3.05) is 0 Å². The number of alkyl halides is 1. The maximum Gasteiger partial charge on any atom is 0.241 e. The topological polar surface area (TPSA) is 46.2 Å². The lowest BCUT2D eigenvalue weighted by Gasteiger charge is -2.13. The minimum absolute atomic E-state index is 0.243. The SMILES string of the molecule is CC(NS(=O)(=O)c1cccc(CCl)c1)c1ccsc1. The summed E-state index contributed by atoms with van der Waals surface area (Å²) in [5.41, 5.74) is 1.75. The largest absolute Gasteiger partial charge is 0.241 e. The summed E-state index contributed by atoms with van der Waals surface area (Å²) in [6.07, 6.45) is 0.